The third-order valence-corrected chi connectivity index (χ3v) is 5.23. The molecule has 4 nitrogen and oxygen atoms in total. The molecule has 0 spiro atoms. The molecule has 0 unspecified atom stereocenters. The zero-order valence-electron chi connectivity index (χ0n) is 17.3. The number of carbonyl (C=O) groups excluding carboxylic acids is 1. The maximum atomic E-state index is 12.7. The number of carbonyl (C=O) groups is 1. The smallest absolute Gasteiger partial charge is 0.265 e. The summed E-state index contributed by atoms with van der Waals surface area (Å²) in [6, 6.07) is 20.4. The van der Waals surface area contributed by atoms with Gasteiger partial charge in [-0.3, -0.25) is 4.79 Å². The van der Waals surface area contributed by atoms with Gasteiger partial charge in [-0.05, 0) is 75.2 Å². The van der Waals surface area contributed by atoms with E-state index < -0.39 is 6.10 Å². The Morgan fingerprint density at radius 2 is 1.66 bits per heavy atom. The van der Waals surface area contributed by atoms with E-state index in [9.17, 15) is 4.79 Å². The van der Waals surface area contributed by atoms with Crippen molar-refractivity contribution in [2.75, 3.05) is 5.32 Å². The van der Waals surface area contributed by atoms with Gasteiger partial charge in [-0.2, -0.15) is 0 Å². The van der Waals surface area contributed by atoms with Crippen LogP contribution in [0.2, 0.25) is 0 Å². The molecule has 0 radical (unpaired) electrons. The minimum atomic E-state index is -0.594. The molecular weight excluding hydrogens is 360 g/mol. The first kappa shape index (κ1) is 19.1. The Morgan fingerprint density at radius 3 is 2.38 bits per heavy atom. The molecule has 148 valence electrons. The molecule has 0 saturated carbocycles. The summed E-state index contributed by atoms with van der Waals surface area (Å²) in [7, 11) is 0. The second kappa shape index (κ2) is 7.63. The Hall–Kier alpha value is -3.27. The SMILES string of the molecule is CCn1c2ccccc2c2cc(NC(=O)[C@@H](C)Oc3cc(C)cc(C)c3)ccc21. The van der Waals surface area contributed by atoms with E-state index in [4.69, 9.17) is 4.74 Å². The molecule has 1 N–H and O–H groups in total. The summed E-state index contributed by atoms with van der Waals surface area (Å²) in [4.78, 5) is 12.7. The molecule has 1 atom stereocenters. The Morgan fingerprint density at radius 1 is 0.966 bits per heavy atom. The highest BCUT2D eigenvalue weighted by atomic mass is 16.5. The number of aromatic nitrogens is 1. The molecule has 1 aromatic heterocycles. The highest BCUT2D eigenvalue weighted by Crippen LogP contribution is 2.31. The molecular formula is C25H26N2O2. The highest BCUT2D eigenvalue weighted by Gasteiger charge is 2.16. The number of aryl methyl sites for hydroxylation is 3. The van der Waals surface area contributed by atoms with Gasteiger partial charge in [0.2, 0.25) is 0 Å². The number of ether oxygens (including phenoxy) is 1. The van der Waals surface area contributed by atoms with Gasteiger partial charge in [0.05, 0.1) is 0 Å². The summed E-state index contributed by atoms with van der Waals surface area (Å²) >= 11 is 0. The standard InChI is InChI=1S/C25H26N2O2/c1-5-27-23-9-7-6-8-21(23)22-15-19(10-11-24(22)27)26-25(28)18(4)29-20-13-16(2)12-17(3)14-20/h6-15,18H,5H2,1-4H3,(H,26,28)/t18-/m1/s1. The molecule has 1 heterocycles. The van der Waals surface area contributed by atoms with Crippen molar-refractivity contribution in [2.45, 2.75) is 40.3 Å². The molecule has 0 aliphatic heterocycles. The molecule has 4 aromatic rings. The highest BCUT2D eigenvalue weighted by molar-refractivity contribution is 6.10. The van der Waals surface area contributed by atoms with Gasteiger partial charge >= 0.3 is 0 Å². The minimum Gasteiger partial charge on any atom is -0.481 e. The van der Waals surface area contributed by atoms with Gasteiger partial charge in [-0.15, -0.1) is 0 Å². The Bertz CT molecular complexity index is 1190. The predicted octanol–water partition coefficient (Wildman–Crippen LogP) is 5.84. The van der Waals surface area contributed by atoms with E-state index >= 15 is 0 Å². The van der Waals surface area contributed by atoms with E-state index in [1.165, 1.54) is 16.4 Å². The van der Waals surface area contributed by atoms with E-state index in [0.717, 1.165) is 28.7 Å². The molecule has 1 amide bonds. The van der Waals surface area contributed by atoms with Crippen LogP contribution < -0.4 is 10.1 Å². The number of hydrogen-bond donors (Lipinski definition) is 1. The lowest BCUT2D eigenvalue weighted by molar-refractivity contribution is -0.122. The Labute approximate surface area is 171 Å². The van der Waals surface area contributed by atoms with Crippen LogP contribution in [0, 0.1) is 13.8 Å². The summed E-state index contributed by atoms with van der Waals surface area (Å²) in [5.74, 6) is 0.550. The second-order valence-electron chi connectivity index (χ2n) is 7.57. The quantitative estimate of drug-likeness (QED) is 0.468. The van der Waals surface area contributed by atoms with Gasteiger partial charge in [0.25, 0.3) is 5.91 Å². The Balaban J connectivity index is 1.58. The number of amides is 1. The maximum Gasteiger partial charge on any atom is 0.265 e. The summed E-state index contributed by atoms with van der Waals surface area (Å²) < 4.78 is 8.17. The number of para-hydroxylation sites is 1. The molecule has 3 aromatic carbocycles. The van der Waals surface area contributed by atoms with E-state index in [1.807, 2.05) is 44.2 Å². The van der Waals surface area contributed by atoms with Gasteiger partial charge in [-0.25, -0.2) is 0 Å². The van der Waals surface area contributed by atoms with Crippen LogP contribution in [-0.4, -0.2) is 16.6 Å². The molecule has 0 saturated heterocycles. The van der Waals surface area contributed by atoms with Crippen LogP contribution in [-0.2, 0) is 11.3 Å². The molecule has 0 aliphatic rings. The molecule has 0 bridgehead atoms. The van der Waals surface area contributed by atoms with Gasteiger partial charge in [0.1, 0.15) is 5.75 Å². The molecule has 0 fully saturated rings. The van der Waals surface area contributed by atoms with Gasteiger partial charge in [0.15, 0.2) is 6.10 Å². The number of hydrogen-bond acceptors (Lipinski definition) is 2. The number of nitrogens with one attached hydrogen (secondary N) is 1. The average molecular weight is 386 g/mol. The lowest BCUT2D eigenvalue weighted by Gasteiger charge is -2.16. The summed E-state index contributed by atoms with van der Waals surface area (Å²) in [5, 5.41) is 5.34. The van der Waals surface area contributed by atoms with Gasteiger partial charge in [0, 0.05) is 34.0 Å². The fraction of sp³-hybridized carbons (Fsp3) is 0.240. The van der Waals surface area contributed by atoms with Crippen molar-refractivity contribution >= 4 is 33.4 Å². The fourth-order valence-electron chi connectivity index (χ4n) is 3.97. The third kappa shape index (κ3) is 3.70. The lowest BCUT2D eigenvalue weighted by atomic mass is 10.1. The molecule has 29 heavy (non-hydrogen) atoms. The van der Waals surface area contributed by atoms with Crippen LogP contribution in [0.5, 0.6) is 5.75 Å². The largest absolute Gasteiger partial charge is 0.481 e. The van der Waals surface area contributed by atoms with Crippen molar-refractivity contribution in [3.8, 4) is 5.75 Å². The van der Waals surface area contributed by atoms with Crippen LogP contribution in [0.3, 0.4) is 0 Å². The third-order valence-electron chi connectivity index (χ3n) is 5.23. The Kier molecular flexibility index (Phi) is 5.01. The molecule has 0 aliphatic carbocycles. The van der Waals surface area contributed by atoms with E-state index in [1.54, 1.807) is 6.92 Å². The number of anilines is 1. The normalized spacial score (nSPS) is 12.3. The maximum absolute atomic E-state index is 12.7. The van der Waals surface area contributed by atoms with Gasteiger partial charge < -0.3 is 14.6 Å². The lowest BCUT2D eigenvalue weighted by Crippen LogP contribution is -2.30. The van der Waals surface area contributed by atoms with Crippen molar-refractivity contribution in [1.82, 2.24) is 4.57 Å². The monoisotopic (exact) mass is 386 g/mol. The number of rotatable bonds is 5. The van der Waals surface area contributed by atoms with Crippen LogP contribution in [0.25, 0.3) is 21.8 Å². The van der Waals surface area contributed by atoms with Crippen molar-refractivity contribution in [2.24, 2.45) is 0 Å². The summed E-state index contributed by atoms with van der Waals surface area (Å²) in [6.45, 7) is 8.86. The fourth-order valence-corrected chi connectivity index (χ4v) is 3.97. The summed E-state index contributed by atoms with van der Waals surface area (Å²) in [5.41, 5.74) is 5.39. The zero-order chi connectivity index (χ0) is 20.5. The van der Waals surface area contributed by atoms with E-state index in [2.05, 4.69) is 47.1 Å². The van der Waals surface area contributed by atoms with Crippen molar-refractivity contribution in [3.63, 3.8) is 0 Å². The number of nitrogens with zero attached hydrogens (tertiary/aromatic N) is 1. The van der Waals surface area contributed by atoms with Gasteiger partial charge in [-0.1, -0.05) is 24.3 Å². The number of fused-ring (bicyclic) bond motifs is 3. The topological polar surface area (TPSA) is 43.3 Å². The van der Waals surface area contributed by atoms with Crippen molar-refractivity contribution in [3.05, 3.63) is 71.8 Å². The van der Waals surface area contributed by atoms with Crippen LogP contribution in [0.4, 0.5) is 5.69 Å². The molecule has 4 rings (SSSR count). The second-order valence-corrected chi connectivity index (χ2v) is 7.57. The van der Waals surface area contributed by atoms with Crippen molar-refractivity contribution < 1.29 is 9.53 Å². The minimum absolute atomic E-state index is 0.164. The predicted molar refractivity (Wildman–Crippen MR) is 120 cm³/mol. The number of benzene rings is 3. The first-order chi connectivity index (χ1) is 14.0. The average Bonchev–Trinajstić information content (AvgIpc) is 3.00. The van der Waals surface area contributed by atoms with Crippen LogP contribution in [0.15, 0.2) is 60.7 Å². The van der Waals surface area contributed by atoms with Crippen LogP contribution >= 0.6 is 0 Å². The van der Waals surface area contributed by atoms with E-state index in [-0.39, 0.29) is 5.91 Å². The van der Waals surface area contributed by atoms with E-state index in [0.29, 0.717) is 5.75 Å². The first-order valence-electron chi connectivity index (χ1n) is 10.0. The summed E-state index contributed by atoms with van der Waals surface area (Å²) in [6.07, 6.45) is -0.594. The molecule has 4 heteroatoms. The zero-order valence-corrected chi connectivity index (χ0v) is 17.3. The van der Waals surface area contributed by atoms with Crippen molar-refractivity contribution in [1.29, 1.82) is 0 Å². The van der Waals surface area contributed by atoms with Crippen LogP contribution in [0.1, 0.15) is 25.0 Å². The first-order valence-corrected chi connectivity index (χ1v) is 10.0.